The fourth-order valence-electron chi connectivity index (χ4n) is 4.85. The van der Waals surface area contributed by atoms with Gasteiger partial charge in [-0.1, -0.05) is 24.3 Å². The monoisotopic (exact) mass is 478 g/mol. The van der Waals surface area contributed by atoms with Crippen molar-refractivity contribution < 1.29 is 28.3 Å². The number of esters is 1. The third-order valence-electron chi connectivity index (χ3n) is 6.49. The smallest absolute Gasteiger partial charge is 0.329 e. The van der Waals surface area contributed by atoms with Crippen LogP contribution < -0.4 is 0 Å². The number of methoxy groups -OCH3 is 1. The van der Waals surface area contributed by atoms with E-state index in [1.165, 1.54) is 11.2 Å². The van der Waals surface area contributed by atoms with Crippen LogP contribution >= 0.6 is 0 Å². The van der Waals surface area contributed by atoms with Gasteiger partial charge in [-0.05, 0) is 50.1 Å². The summed E-state index contributed by atoms with van der Waals surface area (Å²) >= 11 is 0. The van der Waals surface area contributed by atoms with Crippen LogP contribution in [-0.4, -0.2) is 53.5 Å². The number of benzene rings is 1. The number of ketones is 1. The molecule has 2 aromatic heterocycles. The first-order valence-electron chi connectivity index (χ1n) is 11.6. The van der Waals surface area contributed by atoms with E-state index in [4.69, 9.17) is 13.9 Å². The molecule has 0 bridgehead atoms. The standard InChI is InChI=1S/C27H30N2O6/c1-17-12-22(19(3)29(17)18(2)15-33-4)24(30)16-35-27(32)23-13-20-8-5-6-9-21(20)14-28(23)26(31)25-10-7-11-34-25/h5-12,18,23H,13-16H2,1-4H3/t18?,23-/m0/s1. The zero-order valence-corrected chi connectivity index (χ0v) is 20.4. The Morgan fingerprint density at radius 2 is 1.86 bits per heavy atom. The van der Waals surface area contributed by atoms with Gasteiger partial charge in [0.05, 0.1) is 18.9 Å². The Kier molecular flexibility index (Phi) is 7.21. The van der Waals surface area contributed by atoms with Crippen molar-refractivity contribution in [2.45, 2.75) is 45.8 Å². The third kappa shape index (κ3) is 4.93. The molecule has 3 aromatic rings. The molecule has 0 spiro atoms. The lowest BCUT2D eigenvalue weighted by Gasteiger charge is -2.34. The Bertz CT molecular complexity index is 1230. The van der Waals surface area contributed by atoms with Gasteiger partial charge in [0.25, 0.3) is 5.91 Å². The number of Topliss-reactive ketones (excluding diaryl/α,β-unsaturated/α-hetero) is 1. The van der Waals surface area contributed by atoms with Crippen LogP contribution in [0.5, 0.6) is 0 Å². The summed E-state index contributed by atoms with van der Waals surface area (Å²) in [5, 5.41) is 0. The molecular weight excluding hydrogens is 448 g/mol. The van der Waals surface area contributed by atoms with Crippen LogP contribution in [0.15, 0.2) is 53.1 Å². The Balaban J connectivity index is 1.50. The minimum atomic E-state index is -0.857. The van der Waals surface area contributed by atoms with Crippen molar-refractivity contribution in [1.29, 1.82) is 0 Å². The number of furan rings is 1. The Hall–Kier alpha value is -3.65. The van der Waals surface area contributed by atoms with Crippen molar-refractivity contribution in [2.75, 3.05) is 20.3 Å². The highest BCUT2D eigenvalue weighted by Crippen LogP contribution is 2.26. The van der Waals surface area contributed by atoms with E-state index in [0.29, 0.717) is 18.6 Å². The minimum absolute atomic E-state index is 0.0626. The number of carbonyl (C=O) groups excluding carboxylic acids is 3. The average Bonchev–Trinajstić information content (AvgIpc) is 3.49. The summed E-state index contributed by atoms with van der Waals surface area (Å²) in [4.78, 5) is 40.7. The van der Waals surface area contributed by atoms with Crippen molar-refractivity contribution in [3.8, 4) is 0 Å². The molecule has 1 unspecified atom stereocenters. The van der Waals surface area contributed by atoms with Crippen molar-refractivity contribution in [3.63, 3.8) is 0 Å². The molecule has 1 aliphatic heterocycles. The second kappa shape index (κ2) is 10.3. The highest BCUT2D eigenvalue weighted by atomic mass is 16.5. The molecule has 35 heavy (non-hydrogen) atoms. The van der Waals surface area contributed by atoms with Gasteiger partial charge in [-0.25, -0.2) is 4.79 Å². The molecule has 0 saturated heterocycles. The largest absolute Gasteiger partial charge is 0.459 e. The van der Waals surface area contributed by atoms with Gasteiger partial charge < -0.3 is 23.4 Å². The van der Waals surface area contributed by atoms with Crippen LogP contribution in [0.3, 0.4) is 0 Å². The van der Waals surface area contributed by atoms with E-state index in [1.54, 1.807) is 25.3 Å². The molecule has 1 aliphatic rings. The van der Waals surface area contributed by atoms with Gasteiger partial charge >= 0.3 is 5.97 Å². The van der Waals surface area contributed by atoms with Crippen molar-refractivity contribution in [3.05, 3.63) is 82.6 Å². The van der Waals surface area contributed by atoms with E-state index < -0.39 is 24.5 Å². The quantitative estimate of drug-likeness (QED) is 0.360. The Morgan fingerprint density at radius 1 is 1.11 bits per heavy atom. The van der Waals surface area contributed by atoms with Gasteiger partial charge in [-0.3, -0.25) is 9.59 Å². The summed E-state index contributed by atoms with van der Waals surface area (Å²) < 4.78 is 18.0. The van der Waals surface area contributed by atoms with Crippen molar-refractivity contribution in [2.24, 2.45) is 0 Å². The molecule has 0 N–H and O–H groups in total. The van der Waals surface area contributed by atoms with E-state index in [-0.39, 0.29) is 24.1 Å². The maximum Gasteiger partial charge on any atom is 0.329 e. The van der Waals surface area contributed by atoms with Crippen LogP contribution in [0.2, 0.25) is 0 Å². The second-order valence-electron chi connectivity index (χ2n) is 8.89. The van der Waals surface area contributed by atoms with Crippen LogP contribution in [0.25, 0.3) is 0 Å². The van der Waals surface area contributed by atoms with Crippen LogP contribution in [0.1, 0.15) is 56.4 Å². The summed E-state index contributed by atoms with van der Waals surface area (Å²) in [7, 11) is 1.64. The van der Waals surface area contributed by atoms with Crippen LogP contribution in [-0.2, 0) is 27.2 Å². The molecule has 0 saturated carbocycles. The zero-order valence-electron chi connectivity index (χ0n) is 20.4. The number of ether oxygens (including phenoxy) is 2. The summed E-state index contributed by atoms with van der Waals surface area (Å²) in [6, 6.07) is 11.9. The maximum absolute atomic E-state index is 13.2. The molecule has 0 fully saturated rings. The van der Waals surface area contributed by atoms with Crippen molar-refractivity contribution >= 4 is 17.7 Å². The number of rotatable bonds is 8. The Labute approximate surface area is 204 Å². The number of aromatic nitrogens is 1. The lowest BCUT2D eigenvalue weighted by molar-refractivity contribution is -0.148. The molecule has 8 nitrogen and oxygen atoms in total. The van der Waals surface area contributed by atoms with E-state index >= 15 is 0 Å². The number of hydrogen-bond acceptors (Lipinski definition) is 6. The highest BCUT2D eigenvalue weighted by Gasteiger charge is 2.37. The van der Waals surface area contributed by atoms with Crippen LogP contribution in [0.4, 0.5) is 0 Å². The SMILES string of the molecule is COCC(C)n1c(C)cc(C(=O)COC(=O)[C@@H]2Cc3ccccc3CN2C(=O)c2ccco2)c1C. The zero-order chi connectivity index (χ0) is 25.1. The normalized spacial score (nSPS) is 16.0. The van der Waals surface area contributed by atoms with Gasteiger partial charge in [0.15, 0.2) is 12.4 Å². The lowest BCUT2D eigenvalue weighted by atomic mass is 9.93. The minimum Gasteiger partial charge on any atom is -0.459 e. The molecule has 0 radical (unpaired) electrons. The molecule has 8 heteroatoms. The van der Waals surface area contributed by atoms with E-state index in [2.05, 4.69) is 0 Å². The fourth-order valence-corrected chi connectivity index (χ4v) is 4.85. The topological polar surface area (TPSA) is 91.0 Å². The molecule has 2 atom stereocenters. The lowest BCUT2D eigenvalue weighted by Crippen LogP contribution is -2.49. The van der Waals surface area contributed by atoms with E-state index in [9.17, 15) is 14.4 Å². The van der Waals surface area contributed by atoms with E-state index in [1.807, 2.05) is 49.6 Å². The molecule has 0 aliphatic carbocycles. The molecule has 184 valence electrons. The first kappa shape index (κ1) is 24.5. The third-order valence-corrected chi connectivity index (χ3v) is 6.49. The first-order valence-corrected chi connectivity index (χ1v) is 11.6. The van der Waals surface area contributed by atoms with Gasteiger partial charge in [-0.15, -0.1) is 0 Å². The predicted octanol–water partition coefficient (Wildman–Crippen LogP) is 3.90. The number of nitrogens with zero attached hydrogens (tertiary/aromatic N) is 2. The second-order valence-corrected chi connectivity index (χ2v) is 8.89. The summed E-state index contributed by atoms with van der Waals surface area (Å²) in [6.07, 6.45) is 1.72. The molecule has 4 rings (SSSR count). The molecular formula is C27H30N2O6. The van der Waals surface area contributed by atoms with Gasteiger partial charge in [0.1, 0.15) is 6.04 Å². The maximum atomic E-state index is 13.2. The highest BCUT2D eigenvalue weighted by molar-refractivity contribution is 6.00. The summed E-state index contributed by atoms with van der Waals surface area (Å²) in [5.41, 5.74) is 4.18. The first-order chi connectivity index (χ1) is 16.8. The van der Waals surface area contributed by atoms with Crippen LogP contribution in [0, 0.1) is 13.8 Å². The van der Waals surface area contributed by atoms with Gasteiger partial charge in [-0.2, -0.15) is 0 Å². The average molecular weight is 479 g/mol. The molecule has 1 amide bonds. The van der Waals surface area contributed by atoms with Gasteiger partial charge in [0.2, 0.25) is 5.78 Å². The Morgan fingerprint density at radius 3 is 2.54 bits per heavy atom. The van der Waals surface area contributed by atoms with E-state index in [0.717, 1.165) is 22.5 Å². The fraction of sp³-hybridized carbons (Fsp3) is 0.370. The molecule has 3 heterocycles. The number of carbonyl (C=O) groups is 3. The molecule has 1 aromatic carbocycles. The number of amides is 1. The van der Waals surface area contributed by atoms with Gasteiger partial charge in [0, 0.05) is 37.0 Å². The summed E-state index contributed by atoms with van der Waals surface area (Å²) in [6.45, 7) is 6.19. The number of hydrogen-bond donors (Lipinski definition) is 0. The van der Waals surface area contributed by atoms with Crippen molar-refractivity contribution in [1.82, 2.24) is 9.47 Å². The number of aryl methyl sites for hydroxylation is 1. The number of fused-ring (bicyclic) bond motifs is 1. The summed E-state index contributed by atoms with van der Waals surface area (Å²) in [5.74, 6) is -1.15. The predicted molar refractivity (Wildman–Crippen MR) is 128 cm³/mol.